The number of hydrogen-bond donors (Lipinski definition) is 2. The second kappa shape index (κ2) is 11.6. The number of nitrogens with two attached hydrogens (primary N) is 1. The number of nitrogens with zero attached hydrogens (tertiary/aromatic N) is 3. The van der Waals surface area contributed by atoms with Crippen LogP contribution in [0.2, 0.25) is 5.28 Å². The summed E-state index contributed by atoms with van der Waals surface area (Å²) in [6.07, 6.45) is -3.88. The lowest BCUT2D eigenvalue weighted by atomic mass is 9.93. The van der Waals surface area contributed by atoms with Gasteiger partial charge in [-0.3, -0.25) is 0 Å². The van der Waals surface area contributed by atoms with E-state index in [-0.39, 0.29) is 56.3 Å². The third-order valence-electron chi connectivity index (χ3n) is 6.09. The summed E-state index contributed by atoms with van der Waals surface area (Å²) in [5.41, 5.74) is 4.33. The first-order chi connectivity index (χ1) is 18.2. The van der Waals surface area contributed by atoms with Crippen molar-refractivity contribution >= 4 is 40.9 Å². The van der Waals surface area contributed by atoms with Crippen LogP contribution in [0.1, 0.15) is 25.8 Å². The van der Waals surface area contributed by atoms with Crippen molar-refractivity contribution in [1.82, 2.24) is 9.97 Å². The molecule has 3 heterocycles. The summed E-state index contributed by atoms with van der Waals surface area (Å²) in [6.45, 7) is 2.83. The van der Waals surface area contributed by atoms with Crippen LogP contribution in [0.5, 0.6) is 0 Å². The van der Waals surface area contributed by atoms with Crippen LogP contribution < -0.4 is 16.0 Å². The molecule has 0 saturated carbocycles. The van der Waals surface area contributed by atoms with E-state index >= 15 is 4.39 Å². The summed E-state index contributed by atoms with van der Waals surface area (Å²) in [5, 5.41) is 2.89. The van der Waals surface area contributed by atoms with Gasteiger partial charge in [0.2, 0.25) is 5.28 Å². The van der Waals surface area contributed by atoms with Crippen LogP contribution in [-0.4, -0.2) is 72.5 Å². The number of aromatic nitrogens is 2. The molecule has 0 spiro atoms. The number of hydrogen-bond acceptors (Lipinski definition) is 11. The standard InChI is InChI=1S/C24H28ClF2N5O6/c1-3-35-21(33)24(22(34)36-4-2,10-13-6-5-7-14(26)8-13)37-11-15-9-16(27)20(38-15)32-12-29-17-18(28)30-23(25)31-19(17)32/h5-8,15-16,20,29H,3-4,9-12H2,1-2H3,(H2,28,30,31). The minimum absolute atomic E-state index is 0.0457. The number of nitrogen functional groups attached to an aromatic ring is 1. The number of carbonyl (C=O) groups excluding carboxylic acids is 2. The van der Waals surface area contributed by atoms with Gasteiger partial charge < -0.3 is 34.9 Å². The number of carbonyl (C=O) groups is 2. The zero-order valence-electron chi connectivity index (χ0n) is 20.8. The summed E-state index contributed by atoms with van der Waals surface area (Å²) >= 11 is 5.93. The highest BCUT2D eigenvalue weighted by atomic mass is 35.5. The van der Waals surface area contributed by atoms with E-state index in [0.717, 1.165) is 0 Å². The van der Waals surface area contributed by atoms with Crippen LogP contribution in [0, 0.1) is 5.82 Å². The van der Waals surface area contributed by atoms with Crippen molar-refractivity contribution in [2.45, 2.75) is 50.8 Å². The van der Waals surface area contributed by atoms with Gasteiger partial charge in [0.1, 0.15) is 17.7 Å². The van der Waals surface area contributed by atoms with Crippen LogP contribution in [0.4, 0.5) is 26.1 Å². The lowest BCUT2D eigenvalue weighted by molar-refractivity contribution is -0.194. The maximum atomic E-state index is 15.2. The maximum Gasteiger partial charge on any atom is 0.350 e. The minimum atomic E-state index is -2.26. The normalized spacial score (nSPS) is 20.7. The van der Waals surface area contributed by atoms with Crippen LogP contribution >= 0.6 is 11.6 Å². The molecule has 0 aliphatic carbocycles. The average molecular weight is 556 g/mol. The van der Waals surface area contributed by atoms with E-state index in [2.05, 4.69) is 15.3 Å². The van der Waals surface area contributed by atoms with Crippen molar-refractivity contribution in [3.8, 4) is 0 Å². The lowest BCUT2D eigenvalue weighted by Gasteiger charge is -2.31. The Balaban J connectivity index is 1.55. The summed E-state index contributed by atoms with van der Waals surface area (Å²) in [5.74, 6) is -2.17. The fraction of sp³-hybridized carbons (Fsp3) is 0.500. The molecular weight excluding hydrogens is 528 g/mol. The smallest absolute Gasteiger partial charge is 0.350 e. The van der Waals surface area contributed by atoms with Crippen LogP contribution in [0.3, 0.4) is 0 Å². The van der Waals surface area contributed by atoms with Crippen molar-refractivity contribution in [3.63, 3.8) is 0 Å². The minimum Gasteiger partial charge on any atom is -0.463 e. The molecule has 38 heavy (non-hydrogen) atoms. The van der Waals surface area contributed by atoms with E-state index in [4.69, 9.17) is 36.3 Å². The van der Waals surface area contributed by atoms with Gasteiger partial charge in [0, 0.05) is 12.8 Å². The molecule has 3 unspecified atom stereocenters. The van der Waals surface area contributed by atoms with Crippen molar-refractivity contribution in [3.05, 3.63) is 40.9 Å². The number of anilines is 3. The van der Waals surface area contributed by atoms with Gasteiger partial charge in [-0.15, -0.1) is 0 Å². The zero-order valence-corrected chi connectivity index (χ0v) is 21.5. The molecule has 1 saturated heterocycles. The van der Waals surface area contributed by atoms with E-state index in [1.165, 1.54) is 29.2 Å². The van der Waals surface area contributed by atoms with Gasteiger partial charge in [0.05, 0.1) is 32.6 Å². The highest BCUT2D eigenvalue weighted by Crippen LogP contribution is 2.39. The van der Waals surface area contributed by atoms with Crippen LogP contribution in [-0.2, 0) is 35.0 Å². The predicted molar refractivity (Wildman–Crippen MR) is 133 cm³/mol. The van der Waals surface area contributed by atoms with E-state index < -0.39 is 41.9 Å². The molecule has 11 nitrogen and oxygen atoms in total. The van der Waals surface area contributed by atoms with Crippen LogP contribution in [0.25, 0.3) is 0 Å². The quantitative estimate of drug-likeness (QED) is 0.254. The van der Waals surface area contributed by atoms with Gasteiger partial charge >= 0.3 is 11.9 Å². The summed E-state index contributed by atoms with van der Waals surface area (Å²) < 4.78 is 51.2. The molecule has 0 amide bonds. The van der Waals surface area contributed by atoms with Gasteiger partial charge in [-0.05, 0) is 43.1 Å². The first kappa shape index (κ1) is 27.7. The molecular formula is C24H28ClF2N5O6. The van der Waals surface area contributed by atoms with E-state index in [1.807, 2.05) is 0 Å². The van der Waals surface area contributed by atoms with E-state index in [1.54, 1.807) is 13.8 Å². The molecule has 14 heteroatoms. The topological polar surface area (TPSA) is 138 Å². The Bertz CT molecular complexity index is 1170. The van der Waals surface area contributed by atoms with E-state index in [0.29, 0.717) is 11.3 Å². The molecule has 1 aromatic carbocycles. The molecule has 3 N–H and O–H groups in total. The number of benzene rings is 1. The zero-order chi connectivity index (χ0) is 27.4. The molecule has 0 radical (unpaired) electrons. The first-order valence-electron chi connectivity index (χ1n) is 12.0. The Morgan fingerprint density at radius 3 is 2.63 bits per heavy atom. The van der Waals surface area contributed by atoms with Crippen molar-refractivity contribution in [1.29, 1.82) is 0 Å². The van der Waals surface area contributed by atoms with Gasteiger partial charge in [-0.1, -0.05) is 12.1 Å². The molecule has 206 valence electrons. The van der Waals surface area contributed by atoms with Gasteiger partial charge in [-0.2, -0.15) is 9.97 Å². The molecule has 0 bridgehead atoms. The predicted octanol–water partition coefficient (Wildman–Crippen LogP) is 2.62. The number of nitrogens with one attached hydrogen (secondary N) is 1. The third kappa shape index (κ3) is 5.59. The van der Waals surface area contributed by atoms with Crippen molar-refractivity contribution in [2.75, 3.05) is 42.4 Å². The maximum absolute atomic E-state index is 15.2. The Morgan fingerprint density at radius 2 is 1.97 bits per heavy atom. The Morgan fingerprint density at radius 1 is 1.26 bits per heavy atom. The molecule has 3 atom stereocenters. The fourth-order valence-corrected chi connectivity index (χ4v) is 4.58. The summed E-state index contributed by atoms with van der Waals surface area (Å²) in [6, 6.07) is 5.38. The van der Waals surface area contributed by atoms with Gasteiger partial charge in [-0.25, -0.2) is 18.4 Å². The number of esters is 2. The second-order valence-electron chi connectivity index (χ2n) is 8.67. The van der Waals surface area contributed by atoms with Crippen molar-refractivity contribution in [2.24, 2.45) is 0 Å². The molecule has 1 aromatic heterocycles. The molecule has 2 aliphatic rings. The molecule has 2 aliphatic heterocycles. The largest absolute Gasteiger partial charge is 0.463 e. The summed E-state index contributed by atoms with van der Waals surface area (Å²) in [7, 11) is 0. The summed E-state index contributed by atoms with van der Waals surface area (Å²) in [4.78, 5) is 35.7. The Hall–Kier alpha value is -3.29. The Kier molecular flexibility index (Phi) is 8.48. The second-order valence-corrected chi connectivity index (χ2v) is 9.01. The number of halogens is 3. The number of ether oxygens (including phenoxy) is 4. The van der Waals surface area contributed by atoms with Crippen molar-refractivity contribution < 1.29 is 37.3 Å². The molecule has 4 rings (SSSR count). The van der Waals surface area contributed by atoms with Gasteiger partial charge in [0.15, 0.2) is 17.9 Å². The monoisotopic (exact) mass is 555 g/mol. The van der Waals surface area contributed by atoms with E-state index in [9.17, 15) is 14.0 Å². The average Bonchev–Trinajstić information content (AvgIpc) is 3.45. The molecule has 1 fully saturated rings. The number of rotatable bonds is 10. The fourth-order valence-electron chi connectivity index (χ4n) is 4.41. The first-order valence-corrected chi connectivity index (χ1v) is 12.4. The highest BCUT2D eigenvalue weighted by Gasteiger charge is 2.52. The Labute approximate surface area is 222 Å². The number of alkyl halides is 1. The number of fused-ring (bicyclic) bond motifs is 1. The molecule has 2 aromatic rings. The SMILES string of the molecule is CCOC(=O)C(Cc1cccc(F)c1)(OCC1CC(F)C(N2CNc3c(N)nc(Cl)nc32)O1)C(=O)OCC. The van der Waals surface area contributed by atoms with Gasteiger partial charge in [0.25, 0.3) is 5.60 Å². The third-order valence-corrected chi connectivity index (χ3v) is 6.26. The lowest BCUT2D eigenvalue weighted by Crippen LogP contribution is -2.54. The van der Waals surface area contributed by atoms with Crippen LogP contribution in [0.15, 0.2) is 24.3 Å². The highest BCUT2D eigenvalue weighted by molar-refractivity contribution is 6.28.